The van der Waals surface area contributed by atoms with E-state index in [-0.39, 0.29) is 15.8 Å². The van der Waals surface area contributed by atoms with Crippen LogP contribution in [-0.2, 0) is 10.0 Å². The van der Waals surface area contributed by atoms with Gasteiger partial charge in [0.05, 0.1) is 5.02 Å². The van der Waals surface area contributed by atoms with Gasteiger partial charge in [-0.05, 0) is 31.0 Å². The summed E-state index contributed by atoms with van der Waals surface area (Å²) in [4.78, 5) is 0.0316. The standard InChI is InChI=1S/C13H14Cl2N4O2S2/c14-9-3-4-10(15)11(6-9)23(20,21)19-5-1-2-8(7-19)12-17-18-13(16)22-12/h3-4,6,8H,1-2,5,7H2,(H2,16,18)/t8-/m1/s1. The Bertz CT molecular complexity index is 825. The first-order valence-corrected chi connectivity index (χ1v) is 9.93. The summed E-state index contributed by atoms with van der Waals surface area (Å²) in [6, 6.07) is 4.43. The maximum Gasteiger partial charge on any atom is 0.244 e. The second-order valence-electron chi connectivity index (χ2n) is 5.26. The van der Waals surface area contributed by atoms with Crippen molar-refractivity contribution in [3.8, 4) is 0 Å². The van der Waals surface area contributed by atoms with Gasteiger partial charge in [-0.2, -0.15) is 4.31 Å². The van der Waals surface area contributed by atoms with Crippen LogP contribution in [0.15, 0.2) is 23.1 Å². The molecule has 0 saturated carbocycles. The molecule has 1 saturated heterocycles. The molecule has 10 heteroatoms. The maximum atomic E-state index is 12.9. The van der Waals surface area contributed by atoms with Crippen molar-refractivity contribution in [1.82, 2.24) is 14.5 Å². The molecule has 2 N–H and O–H groups in total. The summed E-state index contributed by atoms with van der Waals surface area (Å²) in [7, 11) is -3.71. The molecule has 6 nitrogen and oxygen atoms in total. The molecule has 0 amide bonds. The lowest BCUT2D eigenvalue weighted by Gasteiger charge is -2.31. The molecule has 1 aliphatic rings. The van der Waals surface area contributed by atoms with Crippen LogP contribution in [0.25, 0.3) is 0 Å². The Labute approximate surface area is 148 Å². The largest absolute Gasteiger partial charge is 0.374 e. The summed E-state index contributed by atoms with van der Waals surface area (Å²) in [6.07, 6.45) is 1.59. The lowest BCUT2D eigenvalue weighted by molar-refractivity contribution is 0.314. The van der Waals surface area contributed by atoms with Gasteiger partial charge in [-0.1, -0.05) is 34.5 Å². The van der Waals surface area contributed by atoms with Gasteiger partial charge in [-0.25, -0.2) is 8.42 Å². The van der Waals surface area contributed by atoms with Crippen molar-refractivity contribution in [1.29, 1.82) is 0 Å². The Morgan fingerprint density at radius 2 is 2.09 bits per heavy atom. The molecule has 0 aliphatic carbocycles. The van der Waals surface area contributed by atoms with Crippen LogP contribution in [0.3, 0.4) is 0 Å². The zero-order valence-corrected chi connectivity index (χ0v) is 15.1. The lowest BCUT2D eigenvalue weighted by atomic mass is 10.0. The highest BCUT2D eigenvalue weighted by atomic mass is 35.5. The third-order valence-electron chi connectivity index (χ3n) is 3.70. The van der Waals surface area contributed by atoms with E-state index in [1.165, 1.54) is 27.8 Å². The summed E-state index contributed by atoms with van der Waals surface area (Å²) in [6.45, 7) is 0.774. The predicted octanol–water partition coefficient (Wildman–Crippen LogP) is 3.00. The predicted molar refractivity (Wildman–Crippen MR) is 91.5 cm³/mol. The Morgan fingerprint density at radius 1 is 1.30 bits per heavy atom. The maximum absolute atomic E-state index is 12.9. The van der Waals surface area contributed by atoms with Crippen LogP contribution in [0, 0.1) is 0 Å². The molecule has 1 fully saturated rings. The minimum absolute atomic E-state index is 0.00807. The van der Waals surface area contributed by atoms with Gasteiger partial charge in [0.15, 0.2) is 0 Å². The Kier molecular flexibility index (Phi) is 4.80. The number of hydrogen-bond donors (Lipinski definition) is 1. The first kappa shape index (κ1) is 16.9. The monoisotopic (exact) mass is 392 g/mol. The van der Waals surface area contributed by atoms with Crippen LogP contribution >= 0.6 is 34.5 Å². The van der Waals surface area contributed by atoms with E-state index in [4.69, 9.17) is 28.9 Å². The molecule has 1 aliphatic heterocycles. The number of rotatable bonds is 3. The molecule has 124 valence electrons. The van der Waals surface area contributed by atoms with Crippen molar-refractivity contribution in [2.75, 3.05) is 18.8 Å². The van der Waals surface area contributed by atoms with Crippen molar-refractivity contribution in [2.45, 2.75) is 23.7 Å². The Hall–Kier alpha value is -0.930. The number of halogens is 2. The summed E-state index contributed by atoms with van der Waals surface area (Å²) >= 11 is 13.3. The molecule has 1 atom stereocenters. The van der Waals surface area contributed by atoms with Crippen LogP contribution in [0.5, 0.6) is 0 Å². The second-order valence-corrected chi connectivity index (χ2v) is 9.05. The number of sulfonamides is 1. The van der Waals surface area contributed by atoms with Crippen LogP contribution in [0.2, 0.25) is 10.0 Å². The van der Waals surface area contributed by atoms with E-state index in [1.807, 2.05) is 0 Å². The van der Waals surface area contributed by atoms with Gasteiger partial charge in [-0.15, -0.1) is 10.2 Å². The first-order valence-electron chi connectivity index (χ1n) is 6.92. The van der Waals surface area contributed by atoms with E-state index in [0.29, 0.717) is 23.2 Å². The zero-order chi connectivity index (χ0) is 16.6. The fourth-order valence-electron chi connectivity index (χ4n) is 2.59. The molecule has 0 unspecified atom stereocenters. The van der Waals surface area contributed by atoms with Crippen LogP contribution in [0.4, 0.5) is 5.13 Å². The van der Waals surface area contributed by atoms with Gasteiger partial charge in [-0.3, -0.25) is 0 Å². The smallest absolute Gasteiger partial charge is 0.244 e. The molecular weight excluding hydrogens is 379 g/mol. The van der Waals surface area contributed by atoms with E-state index in [2.05, 4.69) is 10.2 Å². The first-order chi connectivity index (χ1) is 10.9. The molecule has 0 spiro atoms. The van der Waals surface area contributed by atoms with E-state index in [0.717, 1.165) is 17.8 Å². The summed E-state index contributed by atoms with van der Waals surface area (Å²) in [5.74, 6) is -0.00807. The van der Waals surface area contributed by atoms with Crippen LogP contribution < -0.4 is 5.73 Å². The van der Waals surface area contributed by atoms with E-state index in [1.54, 1.807) is 6.07 Å². The van der Waals surface area contributed by atoms with Gasteiger partial charge < -0.3 is 5.73 Å². The SMILES string of the molecule is Nc1nnc([C@@H]2CCCN(S(=O)(=O)c3cc(Cl)ccc3Cl)C2)s1. The molecule has 1 aromatic heterocycles. The molecule has 23 heavy (non-hydrogen) atoms. The fraction of sp³-hybridized carbons (Fsp3) is 0.385. The number of aromatic nitrogens is 2. The minimum Gasteiger partial charge on any atom is -0.374 e. The number of hydrogen-bond acceptors (Lipinski definition) is 6. The number of piperidine rings is 1. The van der Waals surface area contributed by atoms with Crippen molar-refractivity contribution >= 4 is 49.7 Å². The number of nitrogen functional groups attached to an aromatic ring is 1. The average Bonchev–Trinajstić information content (AvgIpc) is 2.96. The highest BCUT2D eigenvalue weighted by Crippen LogP contribution is 2.34. The molecule has 2 aromatic rings. The molecule has 2 heterocycles. The molecule has 0 bridgehead atoms. The van der Waals surface area contributed by atoms with Crippen molar-refractivity contribution in [2.24, 2.45) is 0 Å². The quantitative estimate of drug-likeness (QED) is 0.866. The van der Waals surface area contributed by atoms with Crippen molar-refractivity contribution < 1.29 is 8.42 Å². The van der Waals surface area contributed by atoms with E-state index in [9.17, 15) is 8.42 Å². The highest BCUT2D eigenvalue weighted by Gasteiger charge is 2.33. The highest BCUT2D eigenvalue weighted by molar-refractivity contribution is 7.89. The number of nitrogens with zero attached hydrogens (tertiary/aromatic N) is 3. The molecular formula is C13H14Cl2N4O2S2. The Balaban J connectivity index is 1.89. The van der Waals surface area contributed by atoms with Gasteiger partial charge >= 0.3 is 0 Å². The van der Waals surface area contributed by atoms with Gasteiger partial charge in [0.1, 0.15) is 9.90 Å². The summed E-state index contributed by atoms with van der Waals surface area (Å²) < 4.78 is 27.2. The third kappa shape index (κ3) is 3.46. The summed E-state index contributed by atoms with van der Waals surface area (Å²) in [5.41, 5.74) is 5.61. The molecule has 3 rings (SSSR count). The molecule has 1 aromatic carbocycles. The number of anilines is 1. The lowest BCUT2D eigenvalue weighted by Crippen LogP contribution is -2.39. The Morgan fingerprint density at radius 3 is 2.78 bits per heavy atom. The topological polar surface area (TPSA) is 89.2 Å². The fourth-order valence-corrected chi connectivity index (χ4v) is 5.59. The molecule has 0 radical (unpaired) electrons. The number of nitrogens with two attached hydrogens (primary N) is 1. The zero-order valence-electron chi connectivity index (χ0n) is 11.9. The van der Waals surface area contributed by atoms with Gasteiger partial charge in [0.2, 0.25) is 15.2 Å². The van der Waals surface area contributed by atoms with Gasteiger partial charge in [0, 0.05) is 24.0 Å². The van der Waals surface area contributed by atoms with Crippen LogP contribution in [0.1, 0.15) is 23.8 Å². The van der Waals surface area contributed by atoms with Gasteiger partial charge in [0.25, 0.3) is 0 Å². The van der Waals surface area contributed by atoms with Crippen LogP contribution in [-0.4, -0.2) is 36.0 Å². The second kappa shape index (κ2) is 6.52. The van der Waals surface area contributed by atoms with E-state index < -0.39 is 10.0 Å². The third-order valence-corrected chi connectivity index (χ3v) is 7.20. The average molecular weight is 393 g/mol. The summed E-state index contributed by atoms with van der Waals surface area (Å²) in [5, 5.41) is 9.48. The number of benzene rings is 1. The van der Waals surface area contributed by atoms with Crippen molar-refractivity contribution in [3.63, 3.8) is 0 Å². The van der Waals surface area contributed by atoms with Crippen molar-refractivity contribution in [3.05, 3.63) is 33.3 Å². The minimum atomic E-state index is -3.71. The van der Waals surface area contributed by atoms with E-state index >= 15 is 0 Å². The normalized spacial score (nSPS) is 19.8.